The fraction of sp³-hybridized carbons (Fsp3) is 0.550. The number of hydrogen-bond donors (Lipinski definition) is 2. The monoisotopic (exact) mass is 389 g/mol. The molecule has 2 aromatic rings. The van der Waals surface area contributed by atoms with Crippen molar-refractivity contribution in [2.75, 3.05) is 13.7 Å². The quantitative estimate of drug-likeness (QED) is 0.770. The zero-order valence-corrected chi connectivity index (χ0v) is 16.9. The summed E-state index contributed by atoms with van der Waals surface area (Å²) in [6, 6.07) is 5.29. The van der Waals surface area contributed by atoms with Crippen LogP contribution in [0.4, 0.5) is 0 Å². The van der Waals surface area contributed by atoms with Crippen molar-refractivity contribution in [1.29, 1.82) is 0 Å². The van der Waals surface area contributed by atoms with E-state index in [1.165, 1.54) is 11.0 Å². The van der Waals surface area contributed by atoms with E-state index >= 15 is 0 Å². The van der Waals surface area contributed by atoms with E-state index in [0.29, 0.717) is 46.2 Å². The van der Waals surface area contributed by atoms with Crippen molar-refractivity contribution in [3.63, 3.8) is 0 Å². The molecule has 3 rings (SSSR count). The van der Waals surface area contributed by atoms with E-state index in [1.807, 2.05) is 0 Å². The lowest BCUT2D eigenvalue weighted by Gasteiger charge is -2.34. The van der Waals surface area contributed by atoms with Crippen LogP contribution in [0.25, 0.3) is 10.9 Å². The van der Waals surface area contributed by atoms with Gasteiger partial charge in [0.2, 0.25) is 0 Å². The van der Waals surface area contributed by atoms with Gasteiger partial charge in [-0.2, -0.15) is 0 Å². The van der Waals surface area contributed by atoms with Crippen LogP contribution in [0.15, 0.2) is 23.0 Å². The van der Waals surface area contributed by atoms with Gasteiger partial charge in [-0.1, -0.05) is 26.7 Å². The first kappa shape index (κ1) is 19.8. The van der Waals surface area contributed by atoms with Gasteiger partial charge in [0.25, 0.3) is 11.5 Å². The Bertz CT molecular complexity index is 950. The summed E-state index contributed by atoms with van der Waals surface area (Å²) in [5.41, 5.74) is 0.941. The number of nitrogens with one attached hydrogen (secondary N) is 2. The molecule has 1 fully saturated rings. The Morgan fingerprint density at radius 3 is 2.89 bits per heavy atom. The third-order valence-electron chi connectivity index (χ3n) is 5.79. The molecule has 0 unspecified atom stereocenters. The number of nitrogens with zero attached hydrogens (tertiary/aromatic N) is 1. The molecule has 3 atom stereocenters. The van der Waals surface area contributed by atoms with Crippen molar-refractivity contribution in [1.82, 2.24) is 14.9 Å². The topological polar surface area (TPSA) is 76.1 Å². The summed E-state index contributed by atoms with van der Waals surface area (Å²) in [7, 11) is 1.58. The molecule has 6 nitrogen and oxygen atoms in total. The minimum atomic E-state index is -0.174. The average Bonchev–Trinajstić information content (AvgIpc) is 2.65. The Labute approximate surface area is 163 Å². The number of methoxy groups -OCH3 is 1. The van der Waals surface area contributed by atoms with E-state index < -0.39 is 0 Å². The summed E-state index contributed by atoms with van der Waals surface area (Å²) in [5.74, 6) is 0.968. The summed E-state index contributed by atoms with van der Waals surface area (Å²) in [5, 5.41) is 3.68. The minimum absolute atomic E-state index is 0.106. The number of carbonyl (C=O) groups is 1. The summed E-state index contributed by atoms with van der Waals surface area (Å²) in [4.78, 5) is 28.5. The van der Waals surface area contributed by atoms with Crippen LogP contribution in [0.1, 0.15) is 43.5 Å². The first-order valence-corrected chi connectivity index (χ1v) is 9.90. The second-order valence-electron chi connectivity index (χ2n) is 7.49. The van der Waals surface area contributed by atoms with Crippen molar-refractivity contribution in [2.45, 2.75) is 45.7 Å². The van der Waals surface area contributed by atoms with E-state index in [0.717, 1.165) is 12.8 Å². The standard InChI is InChI=1S/C20H27N3O3S/c1-12-5-4-6-16(13(12)2)21-18(24)14-7-8-15-17(11-14)22-20(27)23(19(15)25)9-10-26-3/h7-8,11-13,16H,4-6,9-10H2,1-3H3,(H,21,24)(H,22,27)/t12-,13-,16+/m0/s1. The smallest absolute Gasteiger partial charge is 0.262 e. The molecule has 27 heavy (non-hydrogen) atoms. The molecule has 2 N–H and O–H groups in total. The molecular formula is C20H27N3O3S. The number of rotatable bonds is 5. The van der Waals surface area contributed by atoms with Gasteiger partial charge >= 0.3 is 0 Å². The highest BCUT2D eigenvalue weighted by molar-refractivity contribution is 7.71. The fourth-order valence-electron chi connectivity index (χ4n) is 3.82. The number of aromatic amines is 1. The molecule has 0 saturated heterocycles. The van der Waals surface area contributed by atoms with E-state index in [2.05, 4.69) is 24.1 Å². The first-order valence-electron chi connectivity index (χ1n) is 9.49. The summed E-state index contributed by atoms with van der Waals surface area (Å²) < 4.78 is 6.84. The van der Waals surface area contributed by atoms with Crippen LogP contribution in [0.3, 0.4) is 0 Å². The fourth-order valence-corrected chi connectivity index (χ4v) is 4.10. The number of fused-ring (bicyclic) bond motifs is 1. The molecule has 1 aliphatic carbocycles. The van der Waals surface area contributed by atoms with Crippen molar-refractivity contribution in [3.05, 3.63) is 38.9 Å². The predicted octanol–water partition coefficient (Wildman–Crippen LogP) is 3.26. The van der Waals surface area contributed by atoms with E-state index in [-0.39, 0.29) is 17.5 Å². The van der Waals surface area contributed by atoms with Crippen LogP contribution in [-0.4, -0.2) is 35.2 Å². The Morgan fingerprint density at radius 1 is 1.37 bits per heavy atom. The average molecular weight is 390 g/mol. The van der Waals surface area contributed by atoms with Gasteiger partial charge < -0.3 is 15.0 Å². The summed E-state index contributed by atoms with van der Waals surface area (Å²) >= 11 is 5.30. The van der Waals surface area contributed by atoms with Gasteiger partial charge in [0.15, 0.2) is 4.77 Å². The normalized spacial score (nSPS) is 22.7. The first-order chi connectivity index (χ1) is 12.9. The second kappa shape index (κ2) is 8.35. The minimum Gasteiger partial charge on any atom is -0.383 e. The van der Waals surface area contributed by atoms with Crippen LogP contribution >= 0.6 is 12.2 Å². The van der Waals surface area contributed by atoms with E-state index in [4.69, 9.17) is 17.0 Å². The zero-order valence-electron chi connectivity index (χ0n) is 16.1. The highest BCUT2D eigenvalue weighted by atomic mass is 32.1. The number of hydrogen-bond acceptors (Lipinski definition) is 4. The van der Waals surface area contributed by atoms with Crippen LogP contribution in [-0.2, 0) is 11.3 Å². The van der Waals surface area contributed by atoms with Crippen molar-refractivity contribution in [2.24, 2.45) is 11.8 Å². The maximum atomic E-state index is 12.7. The lowest BCUT2D eigenvalue weighted by Crippen LogP contribution is -2.43. The largest absolute Gasteiger partial charge is 0.383 e. The number of benzene rings is 1. The van der Waals surface area contributed by atoms with Crippen molar-refractivity contribution < 1.29 is 9.53 Å². The highest BCUT2D eigenvalue weighted by Crippen LogP contribution is 2.29. The van der Waals surface area contributed by atoms with Crippen LogP contribution in [0.5, 0.6) is 0 Å². The van der Waals surface area contributed by atoms with Gasteiger partial charge in [0.05, 0.1) is 24.1 Å². The third-order valence-corrected chi connectivity index (χ3v) is 6.11. The van der Waals surface area contributed by atoms with Gasteiger partial charge in [0.1, 0.15) is 0 Å². The molecule has 1 heterocycles. The summed E-state index contributed by atoms with van der Waals surface area (Å²) in [6.45, 7) is 5.24. The lowest BCUT2D eigenvalue weighted by molar-refractivity contribution is 0.0891. The number of amides is 1. The van der Waals surface area contributed by atoms with Gasteiger partial charge in [-0.25, -0.2) is 0 Å². The Balaban J connectivity index is 1.87. The van der Waals surface area contributed by atoms with E-state index in [1.54, 1.807) is 25.3 Å². The molecule has 1 aromatic heterocycles. The molecular weight excluding hydrogens is 362 g/mol. The van der Waals surface area contributed by atoms with Crippen LogP contribution < -0.4 is 10.9 Å². The second-order valence-corrected chi connectivity index (χ2v) is 7.87. The third kappa shape index (κ3) is 4.14. The van der Waals surface area contributed by atoms with Gasteiger partial charge in [0, 0.05) is 18.7 Å². The molecule has 1 aliphatic rings. The molecule has 0 aliphatic heterocycles. The highest BCUT2D eigenvalue weighted by Gasteiger charge is 2.28. The van der Waals surface area contributed by atoms with Crippen molar-refractivity contribution >= 4 is 29.0 Å². The molecule has 1 saturated carbocycles. The van der Waals surface area contributed by atoms with Gasteiger partial charge in [-0.15, -0.1) is 0 Å². The number of aromatic nitrogens is 2. The molecule has 1 amide bonds. The molecule has 7 heteroatoms. The molecule has 146 valence electrons. The number of carbonyl (C=O) groups excluding carboxylic acids is 1. The Morgan fingerprint density at radius 2 is 2.15 bits per heavy atom. The maximum absolute atomic E-state index is 12.7. The number of H-pyrrole nitrogens is 1. The molecule has 0 spiro atoms. The molecule has 0 bridgehead atoms. The van der Waals surface area contributed by atoms with E-state index in [9.17, 15) is 9.59 Å². The molecule has 0 radical (unpaired) electrons. The maximum Gasteiger partial charge on any atom is 0.262 e. The lowest BCUT2D eigenvalue weighted by atomic mass is 9.78. The predicted molar refractivity (Wildman–Crippen MR) is 109 cm³/mol. The number of ether oxygens (including phenoxy) is 1. The summed E-state index contributed by atoms with van der Waals surface area (Å²) in [6.07, 6.45) is 3.37. The van der Waals surface area contributed by atoms with Gasteiger partial charge in [-0.05, 0) is 48.7 Å². The Kier molecular flexibility index (Phi) is 6.11. The van der Waals surface area contributed by atoms with Crippen molar-refractivity contribution in [3.8, 4) is 0 Å². The SMILES string of the molecule is COCCn1c(=S)[nH]c2cc(C(=O)N[C@@H]3CCC[C@H](C)[C@@H]3C)ccc2c1=O. The zero-order chi connectivity index (χ0) is 19.6. The molecule has 1 aromatic carbocycles. The van der Waals surface area contributed by atoms with Crippen LogP contribution in [0, 0.1) is 16.6 Å². The Hall–Kier alpha value is -1.99. The van der Waals surface area contributed by atoms with Crippen LogP contribution in [0.2, 0.25) is 0 Å². The van der Waals surface area contributed by atoms with Gasteiger partial charge in [-0.3, -0.25) is 14.2 Å².